The van der Waals surface area contributed by atoms with Gasteiger partial charge in [0.2, 0.25) is 11.8 Å². The predicted molar refractivity (Wildman–Crippen MR) is 177 cm³/mol. The standard InChI is InChI=1S/C29H38N4O2.C7H7Cl/c1-23-8-2-3-9-25(23)20-30-21-28(34)31-16-13-24-14-18-32(19-15-24)27-11-5-4-10-26(27)22-33-17-7-6-12-29(33)35;1-6-2-4-7(8)5-3-6/h2-5,8-11,13,30H,6-7,12,14-22H2,1H3,(H,31,34);2-5H,1H3. The highest BCUT2D eigenvalue weighted by Gasteiger charge is 2.21. The Hall–Kier alpha value is -3.61. The van der Waals surface area contributed by atoms with E-state index < -0.39 is 0 Å². The molecule has 0 atom stereocenters. The number of rotatable bonds is 9. The Kier molecular flexibility index (Phi) is 12.7. The minimum absolute atomic E-state index is 0.0223. The molecule has 6 nitrogen and oxygen atoms in total. The average Bonchev–Trinajstić information content (AvgIpc) is 3.02. The van der Waals surface area contributed by atoms with Crippen molar-refractivity contribution in [2.75, 3.05) is 37.6 Å². The molecule has 2 N–H and O–H groups in total. The lowest BCUT2D eigenvalue weighted by atomic mass is 10.0. The van der Waals surface area contributed by atoms with Crippen molar-refractivity contribution in [1.29, 1.82) is 0 Å². The maximum atomic E-state index is 12.3. The molecule has 0 aliphatic carbocycles. The number of hydrogen-bond donors (Lipinski definition) is 2. The normalized spacial score (nSPS) is 15.0. The van der Waals surface area contributed by atoms with Crippen LogP contribution < -0.4 is 15.5 Å². The van der Waals surface area contributed by atoms with Crippen LogP contribution in [0.1, 0.15) is 54.4 Å². The zero-order valence-corrected chi connectivity index (χ0v) is 26.3. The maximum absolute atomic E-state index is 12.3. The first kappa shape index (κ1) is 32.3. The number of carbonyl (C=O) groups is 2. The summed E-state index contributed by atoms with van der Waals surface area (Å²) in [5, 5.41) is 7.03. The van der Waals surface area contributed by atoms with Gasteiger partial charge in [-0.25, -0.2) is 0 Å². The van der Waals surface area contributed by atoms with Crippen molar-refractivity contribution < 1.29 is 9.59 Å². The summed E-state index contributed by atoms with van der Waals surface area (Å²) in [6, 6.07) is 24.5. The van der Waals surface area contributed by atoms with E-state index in [-0.39, 0.29) is 11.8 Å². The van der Waals surface area contributed by atoms with E-state index in [1.54, 1.807) is 0 Å². The van der Waals surface area contributed by atoms with Crippen LogP contribution in [0.15, 0.2) is 84.4 Å². The first-order valence-corrected chi connectivity index (χ1v) is 15.8. The third kappa shape index (κ3) is 10.6. The summed E-state index contributed by atoms with van der Waals surface area (Å²) in [6.07, 6.45) is 6.97. The Morgan fingerprint density at radius 3 is 2.26 bits per heavy atom. The molecule has 2 fully saturated rings. The predicted octanol–water partition coefficient (Wildman–Crippen LogP) is 6.59. The van der Waals surface area contributed by atoms with Gasteiger partial charge in [-0.3, -0.25) is 9.59 Å². The van der Waals surface area contributed by atoms with Gasteiger partial charge in [0, 0.05) is 56.4 Å². The summed E-state index contributed by atoms with van der Waals surface area (Å²) in [6.45, 7) is 9.22. The highest BCUT2D eigenvalue weighted by Crippen LogP contribution is 2.28. The van der Waals surface area contributed by atoms with Gasteiger partial charge in [0.25, 0.3) is 0 Å². The minimum atomic E-state index is 0.0223. The molecule has 0 saturated carbocycles. The molecule has 43 heavy (non-hydrogen) atoms. The molecule has 0 radical (unpaired) electrons. The number of para-hydroxylation sites is 1. The second-order valence-corrected chi connectivity index (χ2v) is 11.8. The van der Waals surface area contributed by atoms with Crippen LogP contribution in [-0.2, 0) is 22.7 Å². The van der Waals surface area contributed by atoms with Crippen LogP contribution in [0, 0.1) is 13.8 Å². The fraction of sp³-hybridized carbons (Fsp3) is 0.389. The molecule has 3 aromatic rings. The van der Waals surface area contributed by atoms with Crippen molar-refractivity contribution in [3.8, 4) is 0 Å². The van der Waals surface area contributed by atoms with Gasteiger partial charge in [-0.1, -0.05) is 83.4 Å². The largest absolute Gasteiger partial charge is 0.371 e. The molecular weight excluding hydrogens is 556 g/mol. The number of nitrogens with one attached hydrogen (secondary N) is 2. The van der Waals surface area contributed by atoms with E-state index in [1.165, 1.54) is 33.5 Å². The van der Waals surface area contributed by atoms with E-state index >= 15 is 0 Å². The number of halogens is 1. The van der Waals surface area contributed by atoms with Crippen LogP contribution in [0.25, 0.3) is 0 Å². The molecule has 2 heterocycles. The molecule has 5 rings (SSSR count). The number of amides is 2. The van der Waals surface area contributed by atoms with E-state index in [0.717, 1.165) is 50.3 Å². The molecular formula is C36H45ClN4O2. The minimum Gasteiger partial charge on any atom is -0.371 e. The lowest BCUT2D eigenvalue weighted by Crippen LogP contribution is -2.36. The smallest absolute Gasteiger partial charge is 0.234 e. The van der Waals surface area contributed by atoms with Gasteiger partial charge in [-0.15, -0.1) is 0 Å². The number of piperidine rings is 2. The number of hydrogen-bond acceptors (Lipinski definition) is 4. The number of benzene rings is 3. The van der Waals surface area contributed by atoms with Crippen molar-refractivity contribution in [3.63, 3.8) is 0 Å². The Bertz CT molecular complexity index is 1340. The van der Waals surface area contributed by atoms with E-state index in [1.807, 2.05) is 48.2 Å². The van der Waals surface area contributed by atoms with Crippen LogP contribution >= 0.6 is 11.6 Å². The maximum Gasteiger partial charge on any atom is 0.234 e. The third-order valence-corrected chi connectivity index (χ3v) is 8.34. The Labute approximate surface area is 262 Å². The average molecular weight is 601 g/mol. The summed E-state index contributed by atoms with van der Waals surface area (Å²) >= 11 is 5.61. The lowest BCUT2D eigenvalue weighted by Gasteiger charge is -2.34. The van der Waals surface area contributed by atoms with Crippen LogP contribution in [0.5, 0.6) is 0 Å². The first-order chi connectivity index (χ1) is 20.9. The van der Waals surface area contributed by atoms with E-state index in [0.29, 0.717) is 32.6 Å². The van der Waals surface area contributed by atoms with Crippen LogP contribution in [0.2, 0.25) is 5.02 Å². The lowest BCUT2D eigenvalue weighted by molar-refractivity contribution is -0.133. The Balaban J connectivity index is 0.000000458. The van der Waals surface area contributed by atoms with Gasteiger partial charge in [-0.05, 0) is 74.4 Å². The van der Waals surface area contributed by atoms with E-state index in [9.17, 15) is 9.59 Å². The highest BCUT2D eigenvalue weighted by molar-refractivity contribution is 6.30. The van der Waals surface area contributed by atoms with Gasteiger partial charge in [0.1, 0.15) is 0 Å². The van der Waals surface area contributed by atoms with Crippen molar-refractivity contribution in [1.82, 2.24) is 15.5 Å². The van der Waals surface area contributed by atoms with Gasteiger partial charge < -0.3 is 20.4 Å². The van der Waals surface area contributed by atoms with Crippen LogP contribution in [0.4, 0.5) is 5.69 Å². The van der Waals surface area contributed by atoms with Gasteiger partial charge in [0.05, 0.1) is 6.54 Å². The molecule has 228 valence electrons. The summed E-state index contributed by atoms with van der Waals surface area (Å²) in [4.78, 5) is 28.9. The molecule has 0 aromatic heterocycles. The zero-order valence-electron chi connectivity index (χ0n) is 25.6. The number of aryl methyl sites for hydroxylation is 2. The summed E-state index contributed by atoms with van der Waals surface area (Å²) < 4.78 is 0. The Morgan fingerprint density at radius 2 is 1.56 bits per heavy atom. The molecule has 0 bridgehead atoms. The highest BCUT2D eigenvalue weighted by atomic mass is 35.5. The second kappa shape index (κ2) is 16.9. The zero-order chi connectivity index (χ0) is 30.4. The van der Waals surface area contributed by atoms with Gasteiger partial charge >= 0.3 is 0 Å². The summed E-state index contributed by atoms with van der Waals surface area (Å²) in [5.74, 6) is 0.302. The van der Waals surface area contributed by atoms with Gasteiger partial charge in [-0.2, -0.15) is 0 Å². The Morgan fingerprint density at radius 1 is 0.860 bits per heavy atom. The summed E-state index contributed by atoms with van der Waals surface area (Å²) in [5.41, 5.74) is 7.59. The van der Waals surface area contributed by atoms with Crippen molar-refractivity contribution in [3.05, 3.63) is 112 Å². The molecule has 2 aliphatic rings. The van der Waals surface area contributed by atoms with Crippen molar-refractivity contribution >= 4 is 29.1 Å². The molecule has 0 spiro atoms. The molecule has 3 aromatic carbocycles. The number of likely N-dealkylation sites (tertiary alicyclic amines) is 1. The first-order valence-electron chi connectivity index (χ1n) is 15.4. The number of carbonyl (C=O) groups excluding carboxylic acids is 2. The van der Waals surface area contributed by atoms with Crippen molar-refractivity contribution in [2.45, 2.75) is 59.0 Å². The van der Waals surface area contributed by atoms with E-state index in [4.69, 9.17) is 11.6 Å². The topological polar surface area (TPSA) is 64.7 Å². The molecule has 2 aliphatic heterocycles. The quantitative estimate of drug-likeness (QED) is 0.272. The SMILES string of the molecule is Cc1ccc(Cl)cc1.Cc1ccccc1CNCC(=O)NCC=C1CCN(c2ccccc2CN2CCCCC2=O)CC1. The summed E-state index contributed by atoms with van der Waals surface area (Å²) in [7, 11) is 0. The van der Waals surface area contributed by atoms with Crippen molar-refractivity contribution in [2.24, 2.45) is 0 Å². The molecule has 2 saturated heterocycles. The van der Waals surface area contributed by atoms with Crippen LogP contribution in [-0.4, -0.2) is 49.4 Å². The molecule has 2 amide bonds. The second-order valence-electron chi connectivity index (χ2n) is 11.4. The van der Waals surface area contributed by atoms with Crippen LogP contribution in [0.3, 0.4) is 0 Å². The van der Waals surface area contributed by atoms with Gasteiger partial charge in [0.15, 0.2) is 0 Å². The van der Waals surface area contributed by atoms with E-state index in [2.05, 4.69) is 64.9 Å². The molecule has 7 heteroatoms. The monoisotopic (exact) mass is 600 g/mol. The fourth-order valence-electron chi connectivity index (χ4n) is 5.45. The molecule has 0 unspecified atom stereocenters. The fourth-order valence-corrected chi connectivity index (χ4v) is 5.58. The third-order valence-electron chi connectivity index (χ3n) is 8.08. The number of anilines is 1. The number of nitrogens with zero attached hydrogens (tertiary/aromatic N) is 2.